The molecule has 2 unspecified atom stereocenters. The molecule has 1 N–H and O–H groups in total. The van der Waals surface area contributed by atoms with Crippen LogP contribution in [0.25, 0.3) is 0 Å². The lowest BCUT2D eigenvalue weighted by Gasteiger charge is -2.28. The van der Waals surface area contributed by atoms with Gasteiger partial charge in [0.25, 0.3) is 5.91 Å². The van der Waals surface area contributed by atoms with Crippen LogP contribution >= 0.6 is 24.0 Å². The second-order valence-corrected chi connectivity index (χ2v) is 7.11. The first kappa shape index (κ1) is 19.0. The van der Waals surface area contributed by atoms with Gasteiger partial charge >= 0.3 is 0 Å². The van der Waals surface area contributed by atoms with Crippen LogP contribution in [0.4, 0.5) is 0 Å². The molecule has 2 saturated heterocycles. The summed E-state index contributed by atoms with van der Waals surface area (Å²) in [6.45, 7) is 1.90. The average Bonchev–Trinajstić information content (AvgIpc) is 2.88. The number of ether oxygens (including phenoxy) is 1. The largest absolute Gasteiger partial charge is 0.457 e. The average molecular weight is 393 g/mol. The Labute approximate surface area is 164 Å². The lowest BCUT2D eigenvalue weighted by Crippen LogP contribution is -2.42. The molecule has 6 heteroatoms. The van der Waals surface area contributed by atoms with Crippen molar-refractivity contribution in [2.75, 3.05) is 13.1 Å². The molecule has 1 amide bonds. The maximum absolute atomic E-state index is 13.0. The van der Waals surface area contributed by atoms with Gasteiger partial charge in [0.2, 0.25) is 0 Å². The van der Waals surface area contributed by atoms with Crippen molar-refractivity contribution in [3.05, 3.63) is 59.1 Å². The summed E-state index contributed by atoms with van der Waals surface area (Å²) in [5.41, 5.74) is 0.720. The molecule has 2 aliphatic rings. The quantitative estimate of drug-likeness (QED) is 0.834. The van der Waals surface area contributed by atoms with E-state index in [4.69, 9.17) is 16.3 Å². The minimum atomic E-state index is 0. The number of amides is 1. The Kier molecular flexibility index (Phi) is 6.07. The van der Waals surface area contributed by atoms with Gasteiger partial charge < -0.3 is 15.0 Å². The molecule has 0 radical (unpaired) electrons. The summed E-state index contributed by atoms with van der Waals surface area (Å²) in [7, 11) is 0. The molecule has 2 aromatic rings. The number of carbonyl (C=O) groups excluding carboxylic acids is 1. The topological polar surface area (TPSA) is 41.6 Å². The predicted molar refractivity (Wildman–Crippen MR) is 106 cm³/mol. The minimum Gasteiger partial charge on any atom is -0.457 e. The van der Waals surface area contributed by atoms with Crippen LogP contribution in [0.5, 0.6) is 11.5 Å². The van der Waals surface area contributed by atoms with Gasteiger partial charge in [-0.2, -0.15) is 0 Å². The molecule has 2 aromatic carbocycles. The molecule has 0 aromatic heterocycles. The molecule has 4 rings (SSSR count). The number of rotatable bonds is 3. The van der Waals surface area contributed by atoms with E-state index in [2.05, 4.69) is 10.2 Å². The summed E-state index contributed by atoms with van der Waals surface area (Å²) in [6.07, 6.45) is 3.26. The zero-order chi connectivity index (χ0) is 17.2. The van der Waals surface area contributed by atoms with E-state index in [-0.39, 0.29) is 18.3 Å². The van der Waals surface area contributed by atoms with Gasteiger partial charge in [-0.1, -0.05) is 17.7 Å². The fourth-order valence-corrected chi connectivity index (χ4v) is 3.98. The number of halogens is 2. The van der Waals surface area contributed by atoms with E-state index in [0.717, 1.165) is 37.9 Å². The first-order chi connectivity index (χ1) is 12.2. The highest BCUT2D eigenvalue weighted by Crippen LogP contribution is 2.30. The summed E-state index contributed by atoms with van der Waals surface area (Å²) in [5.74, 6) is 1.51. The molecule has 2 atom stereocenters. The molecular formula is C20H22Cl2N2O2. The van der Waals surface area contributed by atoms with Crippen LogP contribution in [0.1, 0.15) is 29.6 Å². The summed E-state index contributed by atoms with van der Waals surface area (Å²) in [6, 6.07) is 15.3. The smallest absolute Gasteiger partial charge is 0.254 e. The summed E-state index contributed by atoms with van der Waals surface area (Å²) in [5, 5.41) is 4.07. The van der Waals surface area contributed by atoms with E-state index in [0.29, 0.717) is 28.6 Å². The SMILES string of the molecule is Cl.O=C(c1ccc(Oc2cccc(Cl)c2)cc1)N1C2CCNCC1CC2. The van der Waals surface area contributed by atoms with Gasteiger partial charge in [-0.25, -0.2) is 0 Å². The normalized spacial score (nSPS) is 21.7. The maximum atomic E-state index is 13.0. The van der Waals surface area contributed by atoms with Gasteiger partial charge in [-0.05, 0) is 68.3 Å². The number of hydrogen-bond donors (Lipinski definition) is 1. The monoisotopic (exact) mass is 392 g/mol. The van der Waals surface area contributed by atoms with Gasteiger partial charge in [0.1, 0.15) is 11.5 Å². The zero-order valence-electron chi connectivity index (χ0n) is 14.4. The highest BCUT2D eigenvalue weighted by molar-refractivity contribution is 6.30. The van der Waals surface area contributed by atoms with Crippen molar-refractivity contribution < 1.29 is 9.53 Å². The Bertz CT molecular complexity index is 753. The van der Waals surface area contributed by atoms with E-state index in [1.54, 1.807) is 12.1 Å². The maximum Gasteiger partial charge on any atom is 0.254 e. The van der Waals surface area contributed by atoms with Crippen molar-refractivity contribution in [1.82, 2.24) is 10.2 Å². The predicted octanol–water partition coefficient (Wildman–Crippen LogP) is 4.52. The molecule has 2 fully saturated rings. The van der Waals surface area contributed by atoms with Crippen molar-refractivity contribution in [3.63, 3.8) is 0 Å². The fourth-order valence-electron chi connectivity index (χ4n) is 3.80. The third-order valence-electron chi connectivity index (χ3n) is 5.02. The van der Waals surface area contributed by atoms with Gasteiger partial charge in [0, 0.05) is 29.2 Å². The standard InChI is InChI=1S/C20H21ClN2O2.ClH/c21-15-2-1-3-19(12-15)25-18-8-4-14(5-9-18)20(24)23-16-6-7-17(23)13-22-11-10-16;/h1-5,8-9,12,16-17,22H,6-7,10-11,13H2;1H. The summed E-state index contributed by atoms with van der Waals surface area (Å²) in [4.78, 5) is 15.1. The van der Waals surface area contributed by atoms with Gasteiger partial charge in [-0.15, -0.1) is 12.4 Å². The van der Waals surface area contributed by atoms with Crippen molar-refractivity contribution >= 4 is 29.9 Å². The van der Waals surface area contributed by atoms with Crippen LogP contribution in [0.2, 0.25) is 5.02 Å². The number of hydrogen-bond acceptors (Lipinski definition) is 3. The van der Waals surface area contributed by atoms with E-state index >= 15 is 0 Å². The Balaban J connectivity index is 0.00000196. The van der Waals surface area contributed by atoms with Gasteiger partial charge in [0.05, 0.1) is 0 Å². The highest BCUT2D eigenvalue weighted by atomic mass is 35.5. The molecule has 0 spiro atoms. The Morgan fingerprint density at radius 2 is 1.81 bits per heavy atom. The van der Waals surface area contributed by atoms with Crippen molar-refractivity contribution in [3.8, 4) is 11.5 Å². The van der Waals surface area contributed by atoms with E-state index in [9.17, 15) is 4.79 Å². The van der Waals surface area contributed by atoms with Crippen LogP contribution < -0.4 is 10.1 Å². The lowest BCUT2D eigenvalue weighted by atomic mass is 10.1. The molecule has 4 nitrogen and oxygen atoms in total. The zero-order valence-corrected chi connectivity index (χ0v) is 15.9. The van der Waals surface area contributed by atoms with Crippen LogP contribution in [0, 0.1) is 0 Å². The third kappa shape index (κ3) is 3.98. The summed E-state index contributed by atoms with van der Waals surface area (Å²) < 4.78 is 5.79. The minimum absolute atomic E-state index is 0. The number of benzene rings is 2. The molecule has 2 aliphatic heterocycles. The summed E-state index contributed by atoms with van der Waals surface area (Å²) >= 11 is 5.98. The highest BCUT2D eigenvalue weighted by Gasteiger charge is 2.38. The van der Waals surface area contributed by atoms with E-state index < -0.39 is 0 Å². The van der Waals surface area contributed by atoms with E-state index in [1.807, 2.05) is 36.4 Å². The van der Waals surface area contributed by atoms with Crippen molar-refractivity contribution in [1.29, 1.82) is 0 Å². The molecular weight excluding hydrogens is 371 g/mol. The third-order valence-corrected chi connectivity index (χ3v) is 5.26. The molecule has 2 heterocycles. The van der Waals surface area contributed by atoms with Crippen LogP contribution in [0.3, 0.4) is 0 Å². The molecule has 0 saturated carbocycles. The number of nitrogens with zero attached hydrogens (tertiary/aromatic N) is 1. The Hall–Kier alpha value is -1.75. The Morgan fingerprint density at radius 1 is 1.04 bits per heavy atom. The molecule has 2 bridgehead atoms. The van der Waals surface area contributed by atoms with Crippen LogP contribution in [-0.4, -0.2) is 36.0 Å². The molecule has 138 valence electrons. The molecule has 26 heavy (non-hydrogen) atoms. The Morgan fingerprint density at radius 3 is 2.58 bits per heavy atom. The lowest BCUT2D eigenvalue weighted by molar-refractivity contribution is 0.0680. The number of nitrogens with one attached hydrogen (secondary N) is 1. The number of fused-ring (bicyclic) bond motifs is 2. The number of carbonyl (C=O) groups is 1. The van der Waals surface area contributed by atoms with Gasteiger partial charge in [-0.3, -0.25) is 4.79 Å². The molecule has 0 aliphatic carbocycles. The van der Waals surface area contributed by atoms with Gasteiger partial charge in [0.15, 0.2) is 0 Å². The van der Waals surface area contributed by atoms with Crippen molar-refractivity contribution in [2.24, 2.45) is 0 Å². The van der Waals surface area contributed by atoms with Crippen LogP contribution in [0.15, 0.2) is 48.5 Å². The van der Waals surface area contributed by atoms with Crippen LogP contribution in [-0.2, 0) is 0 Å². The first-order valence-electron chi connectivity index (χ1n) is 8.77. The first-order valence-corrected chi connectivity index (χ1v) is 9.15. The van der Waals surface area contributed by atoms with E-state index in [1.165, 1.54) is 0 Å². The van der Waals surface area contributed by atoms with Crippen molar-refractivity contribution in [2.45, 2.75) is 31.3 Å². The second kappa shape index (κ2) is 8.30. The second-order valence-electron chi connectivity index (χ2n) is 6.67. The fraction of sp³-hybridized carbons (Fsp3) is 0.350.